The molecule has 0 fully saturated rings. The molecule has 0 atom stereocenters. The Bertz CT molecular complexity index is 781. The fourth-order valence-electron chi connectivity index (χ4n) is 2.46. The van der Waals surface area contributed by atoms with Crippen LogP contribution < -0.4 is 10.6 Å². The standard InChI is InChI=1S/C21H23FN2O2/c1-15(2)17-6-3-16(4-7-17)5-12-21(26)24(14-13-20(23)25)19-10-8-18(22)9-11-19/h3-12,15H,13-14H2,1-2H3,(H2,23,25)/b12-5+. The minimum Gasteiger partial charge on any atom is -0.370 e. The Labute approximate surface area is 153 Å². The van der Waals surface area contributed by atoms with Gasteiger partial charge in [-0.15, -0.1) is 0 Å². The Morgan fingerprint density at radius 3 is 2.23 bits per heavy atom. The number of nitrogens with two attached hydrogens (primary N) is 1. The second-order valence-corrected chi connectivity index (χ2v) is 6.34. The maximum atomic E-state index is 13.1. The molecule has 0 saturated heterocycles. The van der Waals surface area contributed by atoms with E-state index in [4.69, 9.17) is 5.73 Å². The van der Waals surface area contributed by atoms with Crippen LogP contribution >= 0.6 is 0 Å². The predicted octanol–water partition coefficient (Wildman–Crippen LogP) is 3.87. The zero-order valence-electron chi connectivity index (χ0n) is 15.0. The van der Waals surface area contributed by atoms with Crippen LogP contribution in [0.4, 0.5) is 10.1 Å². The summed E-state index contributed by atoms with van der Waals surface area (Å²) in [6.07, 6.45) is 3.18. The second kappa shape index (κ2) is 8.94. The highest BCUT2D eigenvalue weighted by molar-refractivity contribution is 6.04. The topological polar surface area (TPSA) is 63.4 Å². The van der Waals surface area contributed by atoms with Gasteiger partial charge in [-0.05, 0) is 47.4 Å². The maximum absolute atomic E-state index is 13.1. The lowest BCUT2D eigenvalue weighted by Crippen LogP contribution is -2.32. The van der Waals surface area contributed by atoms with E-state index in [2.05, 4.69) is 13.8 Å². The first-order chi connectivity index (χ1) is 12.4. The number of benzene rings is 2. The third-order valence-corrected chi connectivity index (χ3v) is 4.01. The molecule has 0 heterocycles. The van der Waals surface area contributed by atoms with E-state index in [1.54, 1.807) is 6.08 Å². The molecule has 2 rings (SSSR count). The quantitative estimate of drug-likeness (QED) is 0.767. The van der Waals surface area contributed by atoms with E-state index in [-0.39, 0.29) is 18.9 Å². The van der Waals surface area contributed by atoms with Crippen molar-refractivity contribution in [2.24, 2.45) is 5.73 Å². The van der Waals surface area contributed by atoms with Crippen LogP contribution in [0, 0.1) is 5.82 Å². The number of hydrogen-bond acceptors (Lipinski definition) is 2. The van der Waals surface area contributed by atoms with Crippen LogP contribution in [0.3, 0.4) is 0 Å². The zero-order chi connectivity index (χ0) is 19.1. The van der Waals surface area contributed by atoms with E-state index in [9.17, 15) is 14.0 Å². The lowest BCUT2D eigenvalue weighted by atomic mass is 10.0. The number of halogens is 1. The Hall–Kier alpha value is -2.95. The average Bonchev–Trinajstić information content (AvgIpc) is 2.61. The van der Waals surface area contributed by atoms with Gasteiger partial charge < -0.3 is 10.6 Å². The van der Waals surface area contributed by atoms with Crippen molar-refractivity contribution >= 4 is 23.6 Å². The van der Waals surface area contributed by atoms with Crippen LogP contribution in [0.1, 0.15) is 37.3 Å². The molecule has 0 aromatic heterocycles. The van der Waals surface area contributed by atoms with Gasteiger partial charge in [-0.2, -0.15) is 0 Å². The molecule has 2 aromatic carbocycles. The van der Waals surface area contributed by atoms with Crippen molar-refractivity contribution < 1.29 is 14.0 Å². The van der Waals surface area contributed by atoms with E-state index in [0.29, 0.717) is 11.6 Å². The van der Waals surface area contributed by atoms with E-state index < -0.39 is 11.7 Å². The third kappa shape index (κ3) is 5.55. The molecule has 0 aliphatic carbocycles. The van der Waals surface area contributed by atoms with E-state index in [0.717, 1.165) is 5.56 Å². The summed E-state index contributed by atoms with van der Waals surface area (Å²) < 4.78 is 13.1. The van der Waals surface area contributed by atoms with Crippen LogP contribution in [-0.4, -0.2) is 18.4 Å². The molecule has 136 valence electrons. The fraction of sp³-hybridized carbons (Fsp3) is 0.238. The summed E-state index contributed by atoms with van der Waals surface area (Å²) in [7, 11) is 0. The van der Waals surface area contributed by atoms with Crippen molar-refractivity contribution in [1.82, 2.24) is 0 Å². The molecule has 0 spiro atoms. The van der Waals surface area contributed by atoms with Gasteiger partial charge >= 0.3 is 0 Å². The molecule has 0 unspecified atom stereocenters. The van der Waals surface area contributed by atoms with Crippen LogP contribution in [-0.2, 0) is 9.59 Å². The average molecular weight is 354 g/mol. The normalized spacial score (nSPS) is 11.1. The van der Waals surface area contributed by atoms with Crippen molar-refractivity contribution in [3.05, 3.63) is 71.6 Å². The summed E-state index contributed by atoms with van der Waals surface area (Å²) in [6.45, 7) is 4.37. The summed E-state index contributed by atoms with van der Waals surface area (Å²) in [6, 6.07) is 13.5. The number of carbonyl (C=O) groups is 2. The van der Waals surface area contributed by atoms with Crippen LogP contribution in [0.5, 0.6) is 0 Å². The van der Waals surface area contributed by atoms with Gasteiger partial charge in [0, 0.05) is 24.7 Å². The highest BCUT2D eigenvalue weighted by Crippen LogP contribution is 2.18. The molecule has 2 N–H and O–H groups in total. The second-order valence-electron chi connectivity index (χ2n) is 6.34. The summed E-state index contributed by atoms with van der Waals surface area (Å²) >= 11 is 0. The number of nitrogens with zero attached hydrogens (tertiary/aromatic N) is 1. The fourth-order valence-corrected chi connectivity index (χ4v) is 2.46. The van der Waals surface area contributed by atoms with Gasteiger partial charge in [-0.1, -0.05) is 38.1 Å². The molecule has 2 aromatic rings. The number of carbonyl (C=O) groups excluding carboxylic acids is 2. The van der Waals surface area contributed by atoms with Gasteiger partial charge in [0.25, 0.3) is 5.91 Å². The van der Waals surface area contributed by atoms with Crippen molar-refractivity contribution in [3.8, 4) is 0 Å². The molecule has 5 heteroatoms. The SMILES string of the molecule is CC(C)c1ccc(/C=C/C(=O)N(CCC(N)=O)c2ccc(F)cc2)cc1. The van der Waals surface area contributed by atoms with Crippen molar-refractivity contribution in [1.29, 1.82) is 0 Å². The van der Waals surface area contributed by atoms with Crippen LogP contribution in [0.25, 0.3) is 6.08 Å². The first-order valence-corrected chi connectivity index (χ1v) is 8.50. The summed E-state index contributed by atoms with van der Waals surface area (Å²) in [5.41, 5.74) is 7.83. The minimum atomic E-state index is -0.502. The Morgan fingerprint density at radius 2 is 1.69 bits per heavy atom. The molecule has 2 amide bonds. The highest BCUT2D eigenvalue weighted by atomic mass is 19.1. The lowest BCUT2D eigenvalue weighted by molar-refractivity contribution is -0.118. The van der Waals surface area contributed by atoms with Crippen molar-refractivity contribution in [3.63, 3.8) is 0 Å². The highest BCUT2D eigenvalue weighted by Gasteiger charge is 2.14. The maximum Gasteiger partial charge on any atom is 0.251 e. The third-order valence-electron chi connectivity index (χ3n) is 4.01. The van der Waals surface area contributed by atoms with Gasteiger partial charge in [0.1, 0.15) is 5.82 Å². The number of anilines is 1. The van der Waals surface area contributed by atoms with E-state index in [1.807, 2.05) is 24.3 Å². The van der Waals surface area contributed by atoms with Crippen LogP contribution in [0.15, 0.2) is 54.6 Å². The Kier molecular flexibility index (Phi) is 6.67. The summed E-state index contributed by atoms with van der Waals surface area (Å²) in [5, 5.41) is 0. The molecule has 0 bridgehead atoms. The van der Waals surface area contributed by atoms with Crippen LogP contribution in [0.2, 0.25) is 0 Å². The smallest absolute Gasteiger partial charge is 0.251 e. The van der Waals surface area contributed by atoms with Gasteiger partial charge in [0.05, 0.1) is 0 Å². The Morgan fingerprint density at radius 1 is 1.08 bits per heavy atom. The minimum absolute atomic E-state index is 0.0278. The van der Waals surface area contributed by atoms with Gasteiger partial charge in [0.2, 0.25) is 5.91 Å². The molecule has 0 radical (unpaired) electrons. The molecule has 4 nitrogen and oxygen atoms in total. The van der Waals surface area contributed by atoms with Gasteiger partial charge in [0.15, 0.2) is 0 Å². The predicted molar refractivity (Wildman–Crippen MR) is 102 cm³/mol. The first kappa shape index (κ1) is 19.4. The Balaban J connectivity index is 2.16. The monoisotopic (exact) mass is 354 g/mol. The van der Waals surface area contributed by atoms with E-state index in [1.165, 1.54) is 40.8 Å². The number of rotatable bonds is 7. The lowest BCUT2D eigenvalue weighted by Gasteiger charge is -2.20. The molecule has 0 saturated carbocycles. The van der Waals surface area contributed by atoms with Gasteiger partial charge in [-0.25, -0.2) is 4.39 Å². The van der Waals surface area contributed by atoms with Gasteiger partial charge in [-0.3, -0.25) is 9.59 Å². The molecule has 0 aliphatic heterocycles. The first-order valence-electron chi connectivity index (χ1n) is 8.50. The summed E-state index contributed by atoms with van der Waals surface area (Å²) in [5.74, 6) is -0.752. The molecule has 0 aliphatic rings. The number of amides is 2. The largest absolute Gasteiger partial charge is 0.370 e. The van der Waals surface area contributed by atoms with Crippen molar-refractivity contribution in [2.45, 2.75) is 26.2 Å². The molecular weight excluding hydrogens is 331 g/mol. The number of primary amides is 1. The summed E-state index contributed by atoms with van der Waals surface area (Å²) in [4.78, 5) is 25.1. The van der Waals surface area contributed by atoms with E-state index >= 15 is 0 Å². The molecule has 26 heavy (non-hydrogen) atoms. The molecular formula is C21H23FN2O2. The van der Waals surface area contributed by atoms with Crippen molar-refractivity contribution in [2.75, 3.05) is 11.4 Å². The zero-order valence-corrected chi connectivity index (χ0v) is 15.0. The number of hydrogen-bond donors (Lipinski definition) is 1.